The Labute approximate surface area is 237 Å². The third kappa shape index (κ3) is 6.34. The fraction of sp³-hybridized carbons (Fsp3) is 0.594. The molecule has 0 aromatic heterocycles. The van der Waals surface area contributed by atoms with E-state index in [1.54, 1.807) is 0 Å². The minimum Gasteiger partial charge on any atom is -0.414 e. The average Bonchev–Trinajstić information content (AvgIpc) is 3.76. The zero-order valence-corrected chi connectivity index (χ0v) is 27.3. The van der Waals surface area contributed by atoms with Crippen LogP contribution in [0.15, 0.2) is 60.7 Å². The number of aldehydes is 1. The van der Waals surface area contributed by atoms with Gasteiger partial charge in [0, 0.05) is 13.0 Å². The summed E-state index contributed by atoms with van der Waals surface area (Å²) in [6, 6.07) is 21.6. The topological polar surface area (TPSA) is 60.6 Å². The van der Waals surface area contributed by atoms with Crippen LogP contribution in [0.1, 0.15) is 61.3 Å². The van der Waals surface area contributed by atoms with Gasteiger partial charge >= 0.3 is 0 Å². The van der Waals surface area contributed by atoms with Gasteiger partial charge in [0.25, 0.3) is 8.32 Å². The van der Waals surface area contributed by atoms with E-state index in [9.17, 15) is 4.79 Å². The number of epoxide rings is 2. The number of hydrogen-bond donors (Lipinski definition) is 0. The Bertz CT molecular complexity index is 1070. The second-order valence-electron chi connectivity index (χ2n) is 14.1. The van der Waals surface area contributed by atoms with E-state index in [0.29, 0.717) is 6.61 Å². The van der Waals surface area contributed by atoms with E-state index < -0.39 is 16.6 Å². The lowest BCUT2D eigenvalue weighted by atomic mass is 9.96. The molecule has 0 bridgehead atoms. The van der Waals surface area contributed by atoms with Crippen molar-refractivity contribution in [2.45, 2.75) is 114 Å². The molecule has 0 spiro atoms. The fourth-order valence-electron chi connectivity index (χ4n) is 5.68. The first-order chi connectivity index (χ1) is 18.1. The predicted molar refractivity (Wildman–Crippen MR) is 163 cm³/mol. The standard InChI is InChI=1S/C32H48O5Si2/c1-30(2,3)38(8,9)37-24(22-32(7)29(36-32)28-27(23-33)35-28)20-21-34-39(31(4,5)6,25-16-12-10-13-17-25)26-18-14-11-15-19-26/h10-19,23-24,27-29H,20-22H2,1-9H3/t24-,27-,28-,29-,32-/m1/s1. The predicted octanol–water partition coefficient (Wildman–Crippen LogP) is 5.86. The summed E-state index contributed by atoms with van der Waals surface area (Å²) in [4.78, 5) is 11.2. The molecule has 4 rings (SSSR count). The molecule has 0 saturated carbocycles. The molecule has 0 aliphatic carbocycles. The first kappa shape index (κ1) is 30.3. The van der Waals surface area contributed by atoms with Crippen molar-refractivity contribution in [1.29, 1.82) is 0 Å². The molecule has 214 valence electrons. The zero-order chi connectivity index (χ0) is 28.7. The van der Waals surface area contributed by atoms with Crippen LogP contribution < -0.4 is 10.4 Å². The van der Waals surface area contributed by atoms with Crippen LogP contribution in [0.5, 0.6) is 0 Å². The van der Waals surface area contributed by atoms with Crippen molar-refractivity contribution in [1.82, 2.24) is 0 Å². The molecule has 5 atom stereocenters. The van der Waals surface area contributed by atoms with Crippen LogP contribution in [0.3, 0.4) is 0 Å². The van der Waals surface area contributed by atoms with E-state index in [2.05, 4.69) is 122 Å². The lowest BCUT2D eigenvalue weighted by Crippen LogP contribution is -2.66. The highest BCUT2D eigenvalue weighted by Gasteiger charge is 2.65. The number of rotatable bonds is 12. The molecular weight excluding hydrogens is 521 g/mol. The van der Waals surface area contributed by atoms with Gasteiger partial charge in [-0.15, -0.1) is 0 Å². The minimum absolute atomic E-state index is 0.00691. The molecule has 0 unspecified atom stereocenters. The molecule has 7 heteroatoms. The molecule has 2 fully saturated rings. The second kappa shape index (κ2) is 11.0. The number of benzene rings is 2. The Kier molecular flexibility index (Phi) is 8.55. The maximum absolute atomic E-state index is 11.2. The molecule has 5 nitrogen and oxygen atoms in total. The Balaban J connectivity index is 1.58. The van der Waals surface area contributed by atoms with E-state index in [1.165, 1.54) is 10.4 Å². The van der Waals surface area contributed by atoms with Gasteiger partial charge in [-0.3, -0.25) is 0 Å². The van der Waals surface area contributed by atoms with Gasteiger partial charge in [-0.2, -0.15) is 0 Å². The molecule has 2 aromatic rings. The van der Waals surface area contributed by atoms with Crippen LogP contribution in [-0.2, 0) is 23.1 Å². The van der Waals surface area contributed by atoms with E-state index in [4.69, 9.17) is 18.3 Å². The van der Waals surface area contributed by atoms with Crippen molar-refractivity contribution in [3.8, 4) is 0 Å². The molecule has 39 heavy (non-hydrogen) atoms. The normalized spacial score (nSPS) is 26.2. The lowest BCUT2D eigenvalue weighted by molar-refractivity contribution is -0.108. The van der Waals surface area contributed by atoms with Gasteiger partial charge in [0.05, 0.1) is 11.7 Å². The second-order valence-corrected chi connectivity index (χ2v) is 23.1. The van der Waals surface area contributed by atoms with Gasteiger partial charge in [-0.1, -0.05) is 102 Å². The summed E-state index contributed by atoms with van der Waals surface area (Å²) < 4.78 is 25.9. The van der Waals surface area contributed by atoms with Crippen molar-refractivity contribution in [3.05, 3.63) is 60.7 Å². The highest BCUT2D eigenvalue weighted by Crippen LogP contribution is 2.50. The molecule has 2 aliphatic rings. The third-order valence-electron chi connectivity index (χ3n) is 9.01. The van der Waals surface area contributed by atoms with E-state index in [0.717, 1.165) is 19.1 Å². The number of carbonyl (C=O) groups is 1. The van der Waals surface area contributed by atoms with Crippen molar-refractivity contribution < 1.29 is 23.1 Å². The Morgan fingerprint density at radius 3 is 1.90 bits per heavy atom. The van der Waals surface area contributed by atoms with Crippen LogP contribution >= 0.6 is 0 Å². The van der Waals surface area contributed by atoms with Gasteiger partial charge in [0.15, 0.2) is 14.6 Å². The summed E-state index contributed by atoms with van der Waals surface area (Å²) in [7, 11) is -4.67. The van der Waals surface area contributed by atoms with Crippen LogP contribution in [-0.4, -0.2) is 59.5 Å². The Hall–Kier alpha value is -1.62. The van der Waals surface area contributed by atoms with Crippen LogP contribution in [0.25, 0.3) is 0 Å². The summed E-state index contributed by atoms with van der Waals surface area (Å²) in [5, 5.41) is 2.59. The summed E-state index contributed by atoms with van der Waals surface area (Å²) in [6.07, 6.45) is 1.94. The molecule has 2 aliphatic heterocycles. The van der Waals surface area contributed by atoms with Crippen LogP contribution in [0.2, 0.25) is 23.2 Å². The quantitative estimate of drug-likeness (QED) is 0.182. The summed E-state index contributed by atoms with van der Waals surface area (Å²) in [5.74, 6) is 0. The van der Waals surface area contributed by atoms with Crippen LogP contribution in [0.4, 0.5) is 0 Å². The molecule has 0 N–H and O–H groups in total. The van der Waals surface area contributed by atoms with Gasteiger partial charge < -0.3 is 23.1 Å². The van der Waals surface area contributed by atoms with E-state index >= 15 is 0 Å². The Morgan fingerprint density at radius 2 is 1.46 bits per heavy atom. The van der Waals surface area contributed by atoms with Crippen molar-refractivity contribution in [3.63, 3.8) is 0 Å². The smallest absolute Gasteiger partial charge is 0.261 e. The molecule has 2 heterocycles. The van der Waals surface area contributed by atoms with Gasteiger partial charge in [-0.25, -0.2) is 0 Å². The average molecular weight is 569 g/mol. The molecule has 0 amide bonds. The SMILES string of the molecule is CC(C)(C)[Si](C)(C)O[C@H](CCO[Si](c1ccccc1)(c1ccccc1)C(C)(C)C)C[C@@]1(C)O[C@@H]1[C@@H]1O[C@@H]1C=O. The summed E-state index contributed by atoms with van der Waals surface area (Å²) in [6.45, 7) is 21.1. The first-order valence-corrected chi connectivity index (χ1v) is 19.2. The number of carbonyl (C=O) groups excluding carboxylic acids is 1. The van der Waals surface area contributed by atoms with Crippen molar-refractivity contribution in [2.24, 2.45) is 0 Å². The van der Waals surface area contributed by atoms with Gasteiger partial charge in [0.1, 0.15) is 18.3 Å². The van der Waals surface area contributed by atoms with Crippen molar-refractivity contribution >= 4 is 33.3 Å². The number of hydrogen-bond acceptors (Lipinski definition) is 5. The van der Waals surface area contributed by atoms with Gasteiger partial charge in [0.2, 0.25) is 0 Å². The largest absolute Gasteiger partial charge is 0.414 e. The van der Waals surface area contributed by atoms with Crippen LogP contribution in [0, 0.1) is 0 Å². The number of ether oxygens (including phenoxy) is 2. The summed E-state index contributed by atoms with van der Waals surface area (Å²) >= 11 is 0. The highest BCUT2D eigenvalue weighted by molar-refractivity contribution is 6.99. The zero-order valence-electron chi connectivity index (χ0n) is 25.3. The highest BCUT2D eigenvalue weighted by atomic mass is 28.4. The van der Waals surface area contributed by atoms with Crippen molar-refractivity contribution in [2.75, 3.05) is 6.61 Å². The van der Waals surface area contributed by atoms with E-state index in [1.807, 2.05) is 0 Å². The lowest BCUT2D eigenvalue weighted by Gasteiger charge is -2.44. The monoisotopic (exact) mass is 568 g/mol. The minimum atomic E-state index is -2.62. The molecule has 2 saturated heterocycles. The third-order valence-corrected chi connectivity index (χ3v) is 18.6. The molecule has 0 radical (unpaired) electrons. The molecular formula is C32H48O5Si2. The molecule has 2 aromatic carbocycles. The van der Waals surface area contributed by atoms with Gasteiger partial charge in [-0.05, 0) is 46.9 Å². The maximum Gasteiger partial charge on any atom is 0.261 e. The Morgan fingerprint density at radius 1 is 0.923 bits per heavy atom. The van der Waals surface area contributed by atoms with E-state index in [-0.39, 0.29) is 40.1 Å². The first-order valence-electron chi connectivity index (χ1n) is 14.4. The maximum atomic E-state index is 11.2. The fourth-order valence-corrected chi connectivity index (χ4v) is 11.6. The summed E-state index contributed by atoms with van der Waals surface area (Å²) in [5.41, 5.74) is -0.340.